The lowest BCUT2D eigenvalue weighted by Crippen LogP contribution is -2.44. The fourth-order valence-electron chi connectivity index (χ4n) is 2.54. The van der Waals surface area contributed by atoms with Crippen molar-refractivity contribution >= 4 is 28.3 Å². The van der Waals surface area contributed by atoms with E-state index in [1.807, 2.05) is 0 Å². The third kappa shape index (κ3) is 2.77. The number of likely N-dealkylation sites (tertiary alicyclic amines) is 1. The molecule has 20 heavy (non-hydrogen) atoms. The maximum atomic E-state index is 12.2. The molecular weight excluding hydrogens is 278 g/mol. The summed E-state index contributed by atoms with van der Waals surface area (Å²) in [5.74, 6) is -0.775. The van der Waals surface area contributed by atoms with Gasteiger partial charge >= 0.3 is 12.0 Å². The van der Waals surface area contributed by atoms with Crippen molar-refractivity contribution in [2.45, 2.75) is 31.6 Å². The van der Waals surface area contributed by atoms with Gasteiger partial charge in [0.25, 0.3) is 0 Å². The molecule has 2 aliphatic rings. The van der Waals surface area contributed by atoms with E-state index in [9.17, 15) is 9.59 Å². The first-order valence-electron chi connectivity index (χ1n) is 6.87. The zero-order chi connectivity index (χ0) is 14.1. The number of anilines is 1. The van der Waals surface area contributed by atoms with Gasteiger partial charge < -0.3 is 10.0 Å². The molecule has 1 saturated carbocycles. The summed E-state index contributed by atoms with van der Waals surface area (Å²) in [6.45, 7) is 0.909. The molecular formula is C13H17N3O3S. The fourth-order valence-corrected chi connectivity index (χ4v) is 3.29. The number of carboxylic acids is 1. The second kappa shape index (κ2) is 5.40. The maximum absolute atomic E-state index is 12.2. The van der Waals surface area contributed by atoms with Crippen LogP contribution in [0.4, 0.5) is 9.80 Å². The summed E-state index contributed by atoms with van der Waals surface area (Å²) in [4.78, 5) is 29.2. The van der Waals surface area contributed by atoms with Crippen LogP contribution in [0, 0.1) is 5.92 Å². The van der Waals surface area contributed by atoms with E-state index in [-0.39, 0.29) is 6.03 Å². The molecule has 1 aromatic rings. The van der Waals surface area contributed by atoms with Crippen LogP contribution in [0.1, 0.15) is 37.3 Å². The Hall–Kier alpha value is -1.63. The van der Waals surface area contributed by atoms with Gasteiger partial charge in [0.15, 0.2) is 0 Å². The van der Waals surface area contributed by atoms with E-state index >= 15 is 0 Å². The first kappa shape index (κ1) is 13.4. The molecule has 0 bridgehead atoms. The van der Waals surface area contributed by atoms with Crippen LogP contribution in [0.2, 0.25) is 0 Å². The lowest BCUT2D eigenvalue weighted by molar-refractivity contribution is -0.143. The van der Waals surface area contributed by atoms with Crippen LogP contribution in [-0.2, 0) is 4.79 Å². The van der Waals surface area contributed by atoms with Gasteiger partial charge in [-0.3, -0.25) is 10.1 Å². The number of carbonyl (C=O) groups is 2. The molecule has 2 amide bonds. The SMILES string of the molecule is O=C(O)C1CCCN(C(=O)Nc2scnc2C2CC2)C1. The van der Waals surface area contributed by atoms with Crippen LogP contribution >= 0.6 is 11.3 Å². The van der Waals surface area contributed by atoms with Crippen molar-refractivity contribution in [3.63, 3.8) is 0 Å². The predicted octanol–water partition coefficient (Wildman–Crippen LogP) is 2.35. The van der Waals surface area contributed by atoms with E-state index in [4.69, 9.17) is 5.11 Å². The molecule has 1 atom stereocenters. The van der Waals surface area contributed by atoms with Gasteiger partial charge in [-0.2, -0.15) is 0 Å². The molecule has 1 unspecified atom stereocenters. The molecule has 6 nitrogen and oxygen atoms in total. The van der Waals surface area contributed by atoms with Crippen molar-refractivity contribution in [2.75, 3.05) is 18.4 Å². The third-order valence-electron chi connectivity index (χ3n) is 3.84. The van der Waals surface area contributed by atoms with Gasteiger partial charge in [0.1, 0.15) is 5.00 Å². The second-order valence-corrected chi connectivity index (χ2v) is 6.25. The summed E-state index contributed by atoms with van der Waals surface area (Å²) in [6, 6.07) is -0.206. The van der Waals surface area contributed by atoms with Crippen LogP contribution in [0.25, 0.3) is 0 Å². The van der Waals surface area contributed by atoms with Gasteiger partial charge in [0.05, 0.1) is 17.1 Å². The second-order valence-electron chi connectivity index (χ2n) is 5.39. The Labute approximate surface area is 120 Å². The molecule has 1 aliphatic heterocycles. The van der Waals surface area contributed by atoms with Gasteiger partial charge in [0, 0.05) is 19.0 Å². The Morgan fingerprint density at radius 1 is 1.40 bits per heavy atom. The van der Waals surface area contributed by atoms with Crippen LogP contribution in [0.5, 0.6) is 0 Å². The summed E-state index contributed by atoms with van der Waals surface area (Å²) < 4.78 is 0. The van der Waals surface area contributed by atoms with E-state index in [2.05, 4.69) is 10.3 Å². The number of hydrogen-bond acceptors (Lipinski definition) is 4. The van der Waals surface area contributed by atoms with Gasteiger partial charge in [0.2, 0.25) is 0 Å². The van der Waals surface area contributed by atoms with Crippen LogP contribution in [0.15, 0.2) is 5.51 Å². The number of aromatic nitrogens is 1. The van der Waals surface area contributed by atoms with E-state index in [1.54, 1.807) is 10.4 Å². The van der Waals surface area contributed by atoms with Crippen molar-refractivity contribution < 1.29 is 14.7 Å². The first-order valence-corrected chi connectivity index (χ1v) is 7.75. The number of carboxylic acid groups (broad SMARTS) is 1. The van der Waals surface area contributed by atoms with Crippen molar-refractivity contribution in [1.29, 1.82) is 0 Å². The highest BCUT2D eigenvalue weighted by Gasteiger charge is 2.31. The van der Waals surface area contributed by atoms with Gasteiger partial charge in [-0.15, -0.1) is 11.3 Å². The Bertz CT molecular complexity index is 527. The number of hydrogen-bond donors (Lipinski definition) is 2. The summed E-state index contributed by atoms with van der Waals surface area (Å²) in [7, 11) is 0. The highest BCUT2D eigenvalue weighted by Crippen LogP contribution is 2.43. The Kier molecular flexibility index (Phi) is 3.60. The van der Waals surface area contributed by atoms with E-state index in [0.717, 1.165) is 30.0 Å². The number of nitrogens with zero attached hydrogens (tertiary/aromatic N) is 2. The molecule has 3 rings (SSSR count). The minimum absolute atomic E-state index is 0.206. The lowest BCUT2D eigenvalue weighted by atomic mass is 9.99. The lowest BCUT2D eigenvalue weighted by Gasteiger charge is -2.30. The first-order chi connectivity index (χ1) is 9.65. The minimum Gasteiger partial charge on any atom is -0.481 e. The fraction of sp³-hybridized carbons (Fsp3) is 0.615. The molecule has 2 heterocycles. The Morgan fingerprint density at radius 3 is 2.90 bits per heavy atom. The third-order valence-corrected chi connectivity index (χ3v) is 4.60. The predicted molar refractivity (Wildman–Crippen MR) is 75.0 cm³/mol. The average Bonchev–Trinajstić information content (AvgIpc) is 3.19. The normalized spacial score (nSPS) is 22.6. The summed E-state index contributed by atoms with van der Waals surface area (Å²) in [5.41, 5.74) is 2.73. The van der Waals surface area contributed by atoms with Crippen LogP contribution in [-0.4, -0.2) is 40.1 Å². The summed E-state index contributed by atoms with van der Waals surface area (Å²) in [5, 5.41) is 12.8. The Balaban J connectivity index is 1.63. The summed E-state index contributed by atoms with van der Waals surface area (Å²) in [6.07, 6.45) is 3.66. The average molecular weight is 295 g/mol. The number of amides is 2. The van der Waals surface area contributed by atoms with E-state index in [1.165, 1.54) is 11.3 Å². The molecule has 0 radical (unpaired) electrons. The number of aliphatic carboxylic acids is 1. The number of thiazole rings is 1. The van der Waals surface area contributed by atoms with Crippen molar-refractivity contribution in [1.82, 2.24) is 9.88 Å². The molecule has 2 N–H and O–H groups in total. The van der Waals surface area contributed by atoms with Crippen LogP contribution < -0.4 is 5.32 Å². The zero-order valence-corrected chi connectivity index (χ0v) is 11.9. The molecule has 2 fully saturated rings. The van der Waals surface area contributed by atoms with Crippen molar-refractivity contribution in [2.24, 2.45) is 5.92 Å². The number of nitrogens with one attached hydrogen (secondary N) is 1. The molecule has 1 aliphatic carbocycles. The number of piperidine rings is 1. The number of rotatable bonds is 3. The van der Waals surface area contributed by atoms with Crippen molar-refractivity contribution in [3.05, 3.63) is 11.2 Å². The molecule has 1 saturated heterocycles. The van der Waals surface area contributed by atoms with E-state index in [0.29, 0.717) is 25.4 Å². The van der Waals surface area contributed by atoms with Gasteiger partial charge in [-0.25, -0.2) is 9.78 Å². The summed E-state index contributed by atoms with van der Waals surface area (Å²) >= 11 is 1.43. The maximum Gasteiger partial charge on any atom is 0.322 e. The molecule has 0 spiro atoms. The molecule has 7 heteroatoms. The quantitative estimate of drug-likeness (QED) is 0.896. The van der Waals surface area contributed by atoms with Crippen LogP contribution in [0.3, 0.4) is 0 Å². The highest BCUT2D eigenvalue weighted by molar-refractivity contribution is 7.14. The van der Waals surface area contributed by atoms with Crippen molar-refractivity contribution in [3.8, 4) is 0 Å². The molecule has 0 aromatic carbocycles. The smallest absolute Gasteiger partial charge is 0.322 e. The Morgan fingerprint density at radius 2 is 2.20 bits per heavy atom. The number of carbonyl (C=O) groups excluding carboxylic acids is 1. The molecule has 108 valence electrons. The highest BCUT2D eigenvalue weighted by atomic mass is 32.1. The van der Waals surface area contributed by atoms with Gasteiger partial charge in [-0.05, 0) is 25.7 Å². The van der Waals surface area contributed by atoms with E-state index < -0.39 is 11.9 Å². The standard InChI is InChI=1S/C13H17N3O3S/c17-12(18)9-2-1-5-16(6-9)13(19)15-11-10(8-3-4-8)14-7-20-11/h7-9H,1-6H2,(H,15,19)(H,17,18). The number of urea groups is 1. The largest absolute Gasteiger partial charge is 0.481 e. The topological polar surface area (TPSA) is 82.5 Å². The monoisotopic (exact) mass is 295 g/mol. The molecule has 1 aromatic heterocycles. The zero-order valence-electron chi connectivity index (χ0n) is 11.0. The minimum atomic E-state index is -0.820. The van der Waals surface area contributed by atoms with Gasteiger partial charge in [-0.1, -0.05) is 0 Å².